The molecule has 0 bridgehead atoms. The number of aliphatic hydroxyl groups excluding tert-OH is 1. The number of sulfone groups is 1. The molecule has 1 aliphatic heterocycles. The molecule has 10 heteroatoms. The minimum atomic E-state index is -3.44. The van der Waals surface area contributed by atoms with E-state index in [4.69, 9.17) is 27.9 Å². The van der Waals surface area contributed by atoms with Gasteiger partial charge >= 0.3 is 6.09 Å². The van der Waals surface area contributed by atoms with Gasteiger partial charge in [0.15, 0.2) is 0 Å². The molecule has 7 nitrogen and oxygen atoms in total. The van der Waals surface area contributed by atoms with Crippen LogP contribution in [0.3, 0.4) is 0 Å². The number of benzene rings is 1. The summed E-state index contributed by atoms with van der Waals surface area (Å²) in [6, 6.07) is 4.80. The summed E-state index contributed by atoms with van der Waals surface area (Å²) in [5, 5.41) is 20.3. The van der Waals surface area contributed by atoms with Crippen LogP contribution in [0.25, 0.3) is 0 Å². The van der Waals surface area contributed by atoms with E-state index in [9.17, 15) is 23.4 Å². The Morgan fingerprint density at radius 2 is 2.08 bits per heavy atom. The SMILES string of the molecule is CS(=O)(=O)C[C@H](O)[C@@H]1OCCN(C(=O)O)C[C@H]1c1ccc(Cl)c(Cl)c1. The average molecular weight is 412 g/mol. The average Bonchev–Trinajstić information content (AvgIpc) is 2.71. The van der Waals surface area contributed by atoms with E-state index >= 15 is 0 Å². The highest BCUT2D eigenvalue weighted by molar-refractivity contribution is 7.90. The number of ether oxygens (including phenoxy) is 1. The van der Waals surface area contributed by atoms with Gasteiger partial charge in [-0.15, -0.1) is 0 Å². The van der Waals surface area contributed by atoms with E-state index in [0.717, 1.165) is 6.26 Å². The first-order valence-corrected chi connectivity index (χ1v) is 10.3. The number of rotatable bonds is 4. The summed E-state index contributed by atoms with van der Waals surface area (Å²) in [7, 11) is -3.44. The lowest BCUT2D eigenvalue weighted by molar-refractivity contribution is -0.0310. The van der Waals surface area contributed by atoms with Gasteiger partial charge in [-0.2, -0.15) is 0 Å². The Labute approximate surface area is 156 Å². The first kappa shape index (κ1) is 20.3. The quantitative estimate of drug-likeness (QED) is 0.783. The maximum atomic E-state index is 11.5. The van der Waals surface area contributed by atoms with Gasteiger partial charge in [-0.25, -0.2) is 13.2 Å². The second-order valence-electron chi connectivity index (χ2n) is 6.00. The van der Waals surface area contributed by atoms with Crippen molar-refractivity contribution in [2.24, 2.45) is 0 Å². The molecule has 1 heterocycles. The highest BCUT2D eigenvalue weighted by atomic mass is 35.5. The highest BCUT2D eigenvalue weighted by Crippen LogP contribution is 2.32. The lowest BCUT2D eigenvalue weighted by atomic mass is 9.90. The van der Waals surface area contributed by atoms with Crippen LogP contribution in [0, 0.1) is 0 Å². The molecule has 25 heavy (non-hydrogen) atoms. The van der Waals surface area contributed by atoms with Gasteiger partial charge in [-0.3, -0.25) is 0 Å². The Morgan fingerprint density at radius 1 is 1.40 bits per heavy atom. The van der Waals surface area contributed by atoms with Crippen molar-refractivity contribution < 1.29 is 28.2 Å². The lowest BCUT2D eigenvalue weighted by Gasteiger charge is -2.30. The third-order valence-corrected chi connectivity index (χ3v) is 5.67. The zero-order valence-electron chi connectivity index (χ0n) is 13.4. The fourth-order valence-corrected chi connectivity index (χ4v) is 3.96. The molecule has 0 radical (unpaired) electrons. The number of amides is 1. The molecule has 2 N–H and O–H groups in total. The van der Waals surface area contributed by atoms with Gasteiger partial charge in [0, 0.05) is 25.3 Å². The molecule has 1 aromatic rings. The molecule has 0 unspecified atom stereocenters. The number of carboxylic acid groups (broad SMARTS) is 1. The molecule has 1 amide bonds. The van der Waals surface area contributed by atoms with E-state index in [-0.39, 0.29) is 24.7 Å². The van der Waals surface area contributed by atoms with Crippen molar-refractivity contribution in [3.8, 4) is 0 Å². The molecule has 1 aromatic carbocycles. The number of aliphatic hydroxyl groups is 1. The fraction of sp³-hybridized carbons (Fsp3) is 0.533. The number of hydrogen-bond acceptors (Lipinski definition) is 5. The van der Waals surface area contributed by atoms with Crippen molar-refractivity contribution in [3.63, 3.8) is 0 Å². The Hall–Kier alpha value is -1.06. The Bertz CT molecular complexity index is 742. The molecule has 1 saturated heterocycles. The van der Waals surface area contributed by atoms with Crippen molar-refractivity contribution >= 4 is 39.1 Å². The predicted octanol–water partition coefficient (Wildman–Crippen LogP) is 1.86. The Kier molecular flexibility index (Phi) is 6.56. The highest BCUT2D eigenvalue weighted by Gasteiger charge is 2.37. The van der Waals surface area contributed by atoms with Crippen LogP contribution < -0.4 is 0 Å². The molecule has 0 spiro atoms. The summed E-state index contributed by atoms with van der Waals surface area (Å²) >= 11 is 12.0. The standard InChI is InChI=1S/C15H19Cl2NO6S/c1-25(22,23)8-13(19)14-10(7-18(15(20)21)4-5-24-14)9-2-3-11(16)12(17)6-9/h2-3,6,10,13-14,19H,4-5,7-8H2,1H3,(H,20,21)/t10-,13-,14+/m0/s1. The monoisotopic (exact) mass is 411 g/mol. The normalized spacial score (nSPS) is 23.1. The number of carbonyl (C=O) groups is 1. The minimum Gasteiger partial charge on any atom is -0.465 e. The summed E-state index contributed by atoms with van der Waals surface area (Å²) in [4.78, 5) is 12.5. The largest absolute Gasteiger partial charge is 0.465 e. The third-order valence-electron chi connectivity index (χ3n) is 3.98. The van der Waals surface area contributed by atoms with Gasteiger partial charge in [0.1, 0.15) is 9.84 Å². The molecule has 1 aliphatic rings. The van der Waals surface area contributed by atoms with E-state index in [1.54, 1.807) is 18.2 Å². The molecule has 2 rings (SSSR count). The number of hydrogen-bond donors (Lipinski definition) is 2. The third kappa shape index (κ3) is 5.46. The fourth-order valence-electron chi connectivity index (χ4n) is 2.84. The molecular weight excluding hydrogens is 393 g/mol. The minimum absolute atomic E-state index is 0.0405. The predicted molar refractivity (Wildman–Crippen MR) is 94.3 cm³/mol. The van der Waals surface area contributed by atoms with E-state index in [2.05, 4.69) is 0 Å². The summed E-state index contributed by atoms with van der Waals surface area (Å²) in [5.74, 6) is -1.08. The molecule has 0 aromatic heterocycles. The van der Waals surface area contributed by atoms with Crippen LogP contribution in [-0.2, 0) is 14.6 Å². The molecule has 0 aliphatic carbocycles. The number of halogens is 2. The lowest BCUT2D eigenvalue weighted by Crippen LogP contribution is -2.41. The summed E-state index contributed by atoms with van der Waals surface area (Å²) in [5.41, 5.74) is 0.611. The van der Waals surface area contributed by atoms with Crippen LogP contribution in [0.5, 0.6) is 0 Å². The summed E-state index contributed by atoms with van der Waals surface area (Å²) in [6.07, 6.45) is -2.29. The van der Waals surface area contributed by atoms with E-state index in [0.29, 0.717) is 10.6 Å². The number of nitrogens with zero attached hydrogens (tertiary/aromatic N) is 1. The van der Waals surface area contributed by atoms with E-state index in [1.165, 1.54) is 4.90 Å². The van der Waals surface area contributed by atoms with Crippen molar-refractivity contribution in [1.82, 2.24) is 4.90 Å². The first-order chi connectivity index (χ1) is 11.6. The molecule has 3 atom stereocenters. The van der Waals surface area contributed by atoms with Crippen LogP contribution in [0.4, 0.5) is 4.79 Å². The molecule has 0 saturated carbocycles. The van der Waals surface area contributed by atoms with Crippen molar-refractivity contribution in [2.75, 3.05) is 31.7 Å². The van der Waals surface area contributed by atoms with Crippen LogP contribution in [0.15, 0.2) is 18.2 Å². The summed E-state index contributed by atoms with van der Waals surface area (Å²) in [6.45, 7) is 0.212. The smallest absolute Gasteiger partial charge is 0.407 e. The van der Waals surface area contributed by atoms with Gasteiger partial charge in [-0.1, -0.05) is 29.3 Å². The van der Waals surface area contributed by atoms with Gasteiger partial charge in [0.25, 0.3) is 0 Å². The molecule has 1 fully saturated rings. The van der Waals surface area contributed by atoms with Gasteiger partial charge in [0.05, 0.1) is 34.6 Å². The van der Waals surface area contributed by atoms with Crippen molar-refractivity contribution in [3.05, 3.63) is 33.8 Å². The van der Waals surface area contributed by atoms with Gasteiger partial charge in [0.2, 0.25) is 0 Å². The zero-order valence-corrected chi connectivity index (χ0v) is 15.8. The van der Waals surface area contributed by atoms with Crippen LogP contribution in [0.1, 0.15) is 11.5 Å². The summed E-state index contributed by atoms with van der Waals surface area (Å²) < 4.78 is 28.7. The first-order valence-electron chi connectivity index (χ1n) is 7.48. The maximum Gasteiger partial charge on any atom is 0.407 e. The van der Waals surface area contributed by atoms with E-state index < -0.39 is 39.8 Å². The topological polar surface area (TPSA) is 104 Å². The second-order valence-corrected chi connectivity index (χ2v) is 9.00. The Balaban J connectivity index is 2.39. The maximum absolute atomic E-state index is 11.5. The van der Waals surface area contributed by atoms with E-state index in [1.807, 2.05) is 0 Å². The van der Waals surface area contributed by atoms with Gasteiger partial charge in [-0.05, 0) is 17.7 Å². The van der Waals surface area contributed by atoms with Crippen molar-refractivity contribution in [2.45, 2.75) is 18.1 Å². The van der Waals surface area contributed by atoms with Crippen LogP contribution >= 0.6 is 23.2 Å². The van der Waals surface area contributed by atoms with Crippen molar-refractivity contribution in [1.29, 1.82) is 0 Å². The molecule has 140 valence electrons. The van der Waals surface area contributed by atoms with Gasteiger partial charge < -0.3 is 19.8 Å². The van der Waals surface area contributed by atoms with Crippen LogP contribution in [-0.4, -0.2) is 73.5 Å². The zero-order chi connectivity index (χ0) is 18.8. The second kappa shape index (κ2) is 8.09. The molecular formula is C15H19Cl2NO6S. The van der Waals surface area contributed by atoms with Crippen LogP contribution in [0.2, 0.25) is 10.0 Å². The Morgan fingerprint density at radius 3 is 2.64 bits per heavy atom.